The predicted octanol–water partition coefficient (Wildman–Crippen LogP) is 3.18. The highest BCUT2D eigenvalue weighted by molar-refractivity contribution is 8.00. The summed E-state index contributed by atoms with van der Waals surface area (Å²) >= 11 is 0. The summed E-state index contributed by atoms with van der Waals surface area (Å²) in [6, 6.07) is 6.37. The molecule has 1 amide bonds. The molecule has 2 aliphatic heterocycles. The monoisotopic (exact) mass is 519 g/mol. The SMILES string of the molecule is C=S1(=O)CCC(c2nc(-c3ccc4c(c3)c(-c3cnn(C)c3)nn4C)c3n2CCN(C(=O)CC)C3)CC1. The average molecular weight is 520 g/mol. The van der Waals surface area contributed by atoms with Crippen molar-refractivity contribution < 1.29 is 9.00 Å². The van der Waals surface area contributed by atoms with E-state index in [1.165, 1.54) is 0 Å². The predicted molar refractivity (Wildman–Crippen MR) is 147 cm³/mol. The molecular formula is C27H33N7O2S. The first-order chi connectivity index (χ1) is 17.7. The normalized spacial score (nSPS) is 21.9. The van der Waals surface area contributed by atoms with Crippen molar-refractivity contribution in [2.45, 2.75) is 45.2 Å². The largest absolute Gasteiger partial charge is 0.335 e. The van der Waals surface area contributed by atoms with Crippen LogP contribution < -0.4 is 0 Å². The molecule has 0 atom stereocenters. The van der Waals surface area contributed by atoms with E-state index in [2.05, 4.69) is 33.7 Å². The van der Waals surface area contributed by atoms with Gasteiger partial charge in [-0.1, -0.05) is 13.0 Å². The van der Waals surface area contributed by atoms with Gasteiger partial charge in [-0.05, 0) is 40.4 Å². The maximum Gasteiger partial charge on any atom is 0.222 e. The van der Waals surface area contributed by atoms with Crippen molar-refractivity contribution in [3.63, 3.8) is 0 Å². The van der Waals surface area contributed by atoms with Gasteiger partial charge < -0.3 is 9.47 Å². The summed E-state index contributed by atoms with van der Waals surface area (Å²) in [5.41, 5.74) is 5.92. The van der Waals surface area contributed by atoms with Gasteiger partial charge in [0, 0.05) is 73.7 Å². The van der Waals surface area contributed by atoms with Crippen LogP contribution in [0.5, 0.6) is 0 Å². The van der Waals surface area contributed by atoms with Gasteiger partial charge in [-0.15, -0.1) is 0 Å². The van der Waals surface area contributed by atoms with Crippen molar-refractivity contribution in [2.75, 3.05) is 18.1 Å². The van der Waals surface area contributed by atoms with Crippen molar-refractivity contribution >= 4 is 32.2 Å². The summed E-state index contributed by atoms with van der Waals surface area (Å²) in [6.45, 7) is 3.88. The number of benzene rings is 1. The second-order valence-electron chi connectivity index (χ2n) is 10.3. The molecule has 3 aromatic heterocycles. The van der Waals surface area contributed by atoms with Crippen LogP contribution in [0.1, 0.15) is 43.6 Å². The van der Waals surface area contributed by atoms with Gasteiger partial charge >= 0.3 is 0 Å². The Bertz CT molecular complexity index is 1610. The Labute approximate surface area is 217 Å². The van der Waals surface area contributed by atoms with E-state index in [4.69, 9.17) is 10.1 Å². The van der Waals surface area contributed by atoms with Gasteiger partial charge in [-0.3, -0.25) is 18.4 Å². The number of nitrogens with zero attached hydrogens (tertiary/aromatic N) is 7. The number of aryl methyl sites for hydroxylation is 2. The Morgan fingerprint density at radius 3 is 2.62 bits per heavy atom. The van der Waals surface area contributed by atoms with E-state index >= 15 is 0 Å². The van der Waals surface area contributed by atoms with E-state index in [-0.39, 0.29) is 11.8 Å². The molecule has 5 heterocycles. The van der Waals surface area contributed by atoms with Crippen LogP contribution in [0.4, 0.5) is 0 Å². The molecule has 0 saturated carbocycles. The van der Waals surface area contributed by atoms with E-state index in [1.807, 2.05) is 43.0 Å². The highest BCUT2D eigenvalue weighted by Gasteiger charge is 2.32. The topological polar surface area (TPSA) is 90.8 Å². The number of rotatable bonds is 4. The molecular weight excluding hydrogens is 486 g/mol. The zero-order valence-corrected chi connectivity index (χ0v) is 22.5. The van der Waals surface area contributed by atoms with E-state index in [0.29, 0.717) is 31.0 Å². The van der Waals surface area contributed by atoms with Gasteiger partial charge in [0.05, 0.1) is 29.6 Å². The van der Waals surface area contributed by atoms with Gasteiger partial charge in [0.1, 0.15) is 11.5 Å². The van der Waals surface area contributed by atoms with Gasteiger partial charge in [-0.25, -0.2) is 4.98 Å². The summed E-state index contributed by atoms with van der Waals surface area (Å²) in [5, 5.41) is 10.2. The third-order valence-electron chi connectivity index (χ3n) is 7.84. The van der Waals surface area contributed by atoms with Crippen molar-refractivity contribution in [3.05, 3.63) is 42.1 Å². The molecule has 2 aliphatic rings. The van der Waals surface area contributed by atoms with Gasteiger partial charge in [-0.2, -0.15) is 10.2 Å². The number of aromatic nitrogens is 6. The lowest BCUT2D eigenvalue weighted by atomic mass is 10.0. The molecule has 0 spiro atoms. The summed E-state index contributed by atoms with van der Waals surface area (Å²) < 4.78 is 18.5. The summed E-state index contributed by atoms with van der Waals surface area (Å²) in [4.78, 5) is 19.8. The zero-order valence-electron chi connectivity index (χ0n) is 21.7. The van der Waals surface area contributed by atoms with Crippen LogP contribution in [-0.2, 0) is 41.5 Å². The van der Waals surface area contributed by atoms with Crippen LogP contribution in [0.25, 0.3) is 33.4 Å². The number of hydrogen-bond acceptors (Lipinski definition) is 5. The maximum atomic E-state index is 12.6. The van der Waals surface area contributed by atoms with E-state index in [9.17, 15) is 9.00 Å². The molecule has 6 rings (SSSR count). The summed E-state index contributed by atoms with van der Waals surface area (Å²) in [7, 11) is 1.89. The lowest BCUT2D eigenvalue weighted by molar-refractivity contribution is -0.132. The standard InChI is InChI=1S/C27H33N7O2S/c1-5-24(35)33-10-11-34-23(17-33)26(29-27(34)18-8-12-37(4,36)13-9-18)19-6-7-22-21(14-19)25(30-32(22)3)20-15-28-31(2)16-20/h6-7,14-16,18H,4-5,8-13,17H2,1-3H3. The van der Waals surface area contributed by atoms with Crippen LogP contribution in [0, 0.1) is 0 Å². The van der Waals surface area contributed by atoms with Crippen LogP contribution in [0.15, 0.2) is 30.6 Å². The Hall–Kier alpha value is -3.40. The molecule has 4 aromatic rings. The second-order valence-corrected chi connectivity index (χ2v) is 13.1. The van der Waals surface area contributed by atoms with Crippen molar-refractivity contribution in [1.29, 1.82) is 0 Å². The first-order valence-corrected chi connectivity index (χ1v) is 15.0. The molecule has 0 aliphatic carbocycles. The lowest BCUT2D eigenvalue weighted by Gasteiger charge is -2.31. The number of carbonyl (C=O) groups is 1. The first kappa shape index (κ1) is 24.0. The Kier molecular flexibility index (Phi) is 5.74. The Balaban J connectivity index is 1.48. The van der Waals surface area contributed by atoms with Gasteiger partial charge in [0.2, 0.25) is 5.91 Å². The van der Waals surface area contributed by atoms with Crippen molar-refractivity contribution in [3.8, 4) is 22.5 Å². The number of amides is 1. The maximum absolute atomic E-state index is 12.6. The highest BCUT2D eigenvalue weighted by atomic mass is 32.2. The first-order valence-electron chi connectivity index (χ1n) is 12.9. The second kappa shape index (κ2) is 8.86. The fourth-order valence-electron chi connectivity index (χ4n) is 5.76. The minimum Gasteiger partial charge on any atom is -0.335 e. The minimum absolute atomic E-state index is 0.163. The lowest BCUT2D eigenvalue weighted by Crippen LogP contribution is -2.38. The van der Waals surface area contributed by atoms with Gasteiger partial charge in [0.25, 0.3) is 0 Å². The number of hydrogen-bond donors (Lipinski definition) is 0. The van der Waals surface area contributed by atoms with Crippen molar-refractivity contribution in [1.82, 2.24) is 34.0 Å². The smallest absolute Gasteiger partial charge is 0.222 e. The number of imidazole rings is 1. The van der Waals surface area contributed by atoms with E-state index in [1.54, 1.807) is 4.68 Å². The molecule has 0 N–H and O–H groups in total. The van der Waals surface area contributed by atoms with Crippen LogP contribution in [0.3, 0.4) is 0 Å². The van der Waals surface area contributed by atoms with Crippen LogP contribution >= 0.6 is 0 Å². The third-order valence-corrected chi connectivity index (χ3v) is 9.79. The van der Waals surface area contributed by atoms with Gasteiger partial charge in [0.15, 0.2) is 0 Å². The van der Waals surface area contributed by atoms with E-state index in [0.717, 1.165) is 64.3 Å². The average Bonchev–Trinajstić information content (AvgIpc) is 3.58. The molecule has 10 heteroatoms. The summed E-state index contributed by atoms with van der Waals surface area (Å²) in [6.07, 6.45) is 5.98. The van der Waals surface area contributed by atoms with E-state index < -0.39 is 9.52 Å². The third kappa shape index (κ3) is 4.17. The van der Waals surface area contributed by atoms with Crippen LogP contribution in [0.2, 0.25) is 0 Å². The fourth-order valence-corrected chi connectivity index (χ4v) is 7.40. The van der Waals surface area contributed by atoms with Crippen molar-refractivity contribution in [2.24, 2.45) is 14.1 Å². The molecule has 194 valence electrons. The molecule has 0 radical (unpaired) electrons. The van der Waals surface area contributed by atoms with Crippen LogP contribution in [-0.4, -0.2) is 68.0 Å². The molecule has 9 nitrogen and oxygen atoms in total. The molecule has 1 aromatic carbocycles. The quantitative estimate of drug-likeness (QED) is 0.386. The molecule has 37 heavy (non-hydrogen) atoms. The molecule has 0 unspecified atom stereocenters. The Morgan fingerprint density at radius 2 is 1.92 bits per heavy atom. The molecule has 1 fully saturated rings. The fraction of sp³-hybridized carbons (Fsp3) is 0.444. The highest BCUT2D eigenvalue weighted by Crippen LogP contribution is 2.37. The number of fused-ring (bicyclic) bond motifs is 2. The molecule has 1 saturated heterocycles. The zero-order chi connectivity index (χ0) is 25.9. The molecule has 0 bridgehead atoms. The summed E-state index contributed by atoms with van der Waals surface area (Å²) in [5.74, 6) is 6.71. The number of carbonyl (C=O) groups excluding carboxylic acids is 1. The minimum atomic E-state index is -1.97. The Morgan fingerprint density at radius 1 is 1.14 bits per heavy atom.